The first-order chi connectivity index (χ1) is 5.52. The maximum absolute atomic E-state index is 2.36. The number of hydrogen-bond donors (Lipinski definition) is 0. The lowest BCUT2D eigenvalue weighted by Crippen LogP contribution is -2.14. The zero-order chi connectivity index (χ0) is 9.61. The monoisotopic (exact) mass is 168 g/mol. The topological polar surface area (TPSA) is 0 Å². The van der Waals surface area contributed by atoms with E-state index in [0.717, 1.165) is 5.92 Å². The average Bonchev–Trinajstić information content (AvgIpc) is 2.00. The molecule has 0 saturated heterocycles. The van der Waals surface area contributed by atoms with Crippen molar-refractivity contribution < 1.29 is 0 Å². The van der Waals surface area contributed by atoms with Gasteiger partial charge >= 0.3 is 0 Å². The Kier molecular flexibility index (Phi) is 5.28. The maximum atomic E-state index is 2.36. The largest absolute Gasteiger partial charge is 0.0916 e. The zero-order valence-electron chi connectivity index (χ0n) is 9.35. The van der Waals surface area contributed by atoms with E-state index in [0.29, 0.717) is 5.41 Å². The van der Waals surface area contributed by atoms with Gasteiger partial charge in [0.2, 0.25) is 0 Å². The molecule has 0 heterocycles. The number of hydrogen-bond acceptors (Lipinski definition) is 0. The van der Waals surface area contributed by atoms with Gasteiger partial charge in [-0.2, -0.15) is 0 Å². The van der Waals surface area contributed by atoms with Crippen LogP contribution < -0.4 is 0 Å². The maximum Gasteiger partial charge on any atom is -0.0299 e. The molecule has 0 fully saturated rings. The van der Waals surface area contributed by atoms with Gasteiger partial charge < -0.3 is 0 Å². The molecule has 0 aromatic carbocycles. The van der Waals surface area contributed by atoms with Gasteiger partial charge in [0.15, 0.2) is 0 Å². The summed E-state index contributed by atoms with van der Waals surface area (Å²) in [5.41, 5.74) is 0.488. The first-order valence-corrected chi connectivity index (χ1v) is 5.13. The number of rotatable bonds is 5. The van der Waals surface area contributed by atoms with Gasteiger partial charge in [0, 0.05) is 0 Å². The molecule has 12 heavy (non-hydrogen) atoms. The third-order valence-corrected chi connectivity index (χ3v) is 2.50. The number of allylic oxidation sites excluding steroid dienone is 2. The molecule has 1 unspecified atom stereocenters. The summed E-state index contributed by atoms with van der Waals surface area (Å²) in [7, 11) is 0. The minimum absolute atomic E-state index is 0.488. The lowest BCUT2D eigenvalue weighted by Gasteiger charge is -2.26. The normalized spacial score (nSPS) is 15.4. The van der Waals surface area contributed by atoms with Crippen LogP contribution in [0.4, 0.5) is 0 Å². The summed E-state index contributed by atoms with van der Waals surface area (Å²) >= 11 is 0. The lowest BCUT2D eigenvalue weighted by molar-refractivity contribution is 0.275. The molecule has 0 heteroatoms. The van der Waals surface area contributed by atoms with Gasteiger partial charge in [-0.15, -0.1) is 0 Å². The fourth-order valence-corrected chi connectivity index (χ4v) is 1.61. The van der Waals surface area contributed by atoms with E-state index in [4.69, 9.17) is 0 Å². The van der Waals surface area contributed by atoms with E-state index in [1.807, 2.05) is 0 Å². The molecular formula is C12H24. The molecule has 0 rings (SSSR count). The van der Waals surface area contributed by atoms with Gasteiger partial charge in [-0.1, -0.05) is 46.3 Å². The van der Waals surface area contributed by atoms with Crippen LogP contribution in [0.1, 0.15) is 53.9 Å². The summed E-state index contributed by atoms with van der Waals surface area (Å²) in [5, 5.41) is 0. The molecule has 0 aromatic rings. The molecular weight excluding hydrogens is 144 g/mol. The van der Waals surface area contributed by atoms with Crippen LogP contribution in [-0.4, -0.2) is 0 Å². The molecule has 0 aromatic heterocycles. The summed E-state index contributed by atoms with van der Waals surface area (Å²) in [6.07, 6.45) is 8.29. The molecule has 0 radical (unpaired) electrons. The summed E-state index contributed by atoms with van der Waals surface area (Å²) in [6.45, 7) is 11.4. The van der Waals surface area contributed by atoms with Crippen molar-refractivity contribution in [3.05, 3.63) is 12.2 Å². The Balaban J connectivity index is 3.85. The molecule has 0 aliphatic heterocycles. The van der Waals surface area contributed by atoms with Crippen molar-refractivity contribution in [1.29, 1.82) is 0 Å². The summed E-state index contributed by atoms with van der Waals surface area (Å²) in [6, 6.07) is 0. The average molecular weight is 168 g/mol. The Hall–Kier alpha value is -0.260. The Labute approximate surface area is 78.1 Å². The Morgan fingerprint density at radius 2 is 1.92 bits per heavy atom. The smallest absolute Gasteiger partial charge is 0.0299 e. The standard InChI is InChI=1S/C12H24/c1-6-8-9-12(4,5)10-11(3)7-2/h6,8,11H,7,9-10H2,1-5H3. The fraction of sp³-hybridized carbons (Fsp3) is 0.833. The minimum atomic E-state index is 0.488. The molecule has 0 nitrogen and oxygen atoms in total. The van der Waals surface area contributed by atoms with Crippen LogP contribution in [-0.2, 0) is 0 Å². The molecule has 0 saturated carbocycles. The predicted molar refractivity (Wildman–Crippen MR) is 57.3 cm³/mol. The van der Waals surface area contributed by atoms with Crippen LogP contribution in [0.2, 0.25) is 0 Å². The van der Waals surface area contributed by atoms with E-state index < -0.39 is 0 Å². The Bertz CT molecular complexity index is 131. The van der Waals surface area contributed by atoms with Gasteiger partial charge in [0.25, 0.3) is 0 Å². The Morgan fingerprint density at radius 1 is 1.33 bits per heavy atom. The van der Waals surface area contributed by atoms with E-state index >= 15 is 0 Å². The highest BCUT2D eigenvalue weighted by atomic mass is 14.2. The molecule has 0 aliphatic rings. The third kappa shape index (κ3) is 5.40. The second-order valence-corrected chi connectivity index (χ2v) is 4.65. The van der Waals surface area contributed by atoms with Gasteiger partial charge in [-0.25, -0.2) is 0 Å². The molecule has 0 amide bonds. The minimum Gasteiger partial charge on any atom is -0.0916 e. The predicted octanol–water partition coefficient (Wildman–Crippen LogP) is 4.42. The van der Waals surface area contributed by atoms with Crippen LogP contribution in [0.15, 0.2) is 12.2 Å². The van der Waals surface area contributed by atoms with E-state index in [1.165, 1.54) is 19.3 Å². The van der Waals surface area contributed by atoms with Crippen molar-refractivity contribution in [2.24, 2.45) is 11.3 Å². The Morgan fingerprint density at radius 3 is 2.33 bits per heavy atom. The van der Waals surface area contributed by atoms with Crippen LogP contribution in [0.3, 0.4) is 0 Å². The summed E-state index contributed by atoms with van der Waals surface area (Å²) in [5.74, 6) is 0.866. The van der Waals surface area contributed by atoms with E-state index in [1.54, 1.807) is 0 Å². The van der Waals surface area contributed by atoms with Crippen molar-refractivity contribution in [3.63, 3.8) is 0 Å². The lowest BCUT2D eigenvalue weighted by atomic mass is 9.80. The van der Waals surface area contributed by atoms with Crippen molar-refractivity contribution in [2.75, 3.05) is 0 Å². The van der Waals surface area contributed by atoms with Crippen molar-refractivity contribution >= 4 is 0 Å². The molecule has 0 bridgehead atoms. The zero-order valence-corrected chi connectivity index (χ0v) is 9.35. The van der Waals surface area contributed by atoms with Crippen LogP contribution in [0, 0.1) is 11.3 Å². The second kappa shape index (κ2) is 5.40. The molecule has 0 N–H and O–H groups in total. The van der Waals surface area contributed by atoms with Crippen LogP contribution >= 0.6 is 0 Å². The van der Waals surface area contributed by atoms with E-state index in [2.05, 4.69) is 46.8 Å². The molecule has 72 valence electrons. The molecule has 1 atom stereocenters. The van der Waals surface area contributed by atoms with Gasteiger partial charge in [0.05, 0.1) is 0 Å². The summed E-state index contributed by atoms with van der Waals surface area (Å²) < 4.78 is 0. The highest BCUT2D eigenvalue weighted by Crippen LogP contribution is 2.30. The highest BCUT2D eigenvalue weighted by molar-refractivity contribution is 4.85. The molecule has 0 aliphatic carbocycles. The van der Waals surface area contributed by atoms with Gasteiger partial charge in [0.1, 0.15) is 0 Å². The summed E-state index contributed by atoms with van der Waals surface area (Å²) in [4.78, 5) is 0. The van der Waals surface area contributed by atoms with Gasteiger partial charge in [-0.05, 0) is 31.1 Å². The third-order valence-electron chi connectivity index (χ3n) is 2.50. The quantitative estimate of drug-likeness (QED) is 0.533. The molecule has 0 spiro atoms. The van der Waals surface area contributed by atoms with Crippen LogP contribution in [0.25, 0.3) is 0 Å². The first-order valence-electron chi connectivity index (χ1n) is 5.13. The second-order valence-electron chi connectivity index (χ2n) is 4.65. The first kappa shape index (κ1) is 11.7. The SMILES string of the molecule is CC=CCC(C)(C)CC(C)CC. The van der Waals surface area contributed by atoms with E-state index in [9.17, 15) is 0 Å². The highest BCUT2D eigenvalue weighted by Gasteiger charge is 2.18. The van der Waals surface area contributed by atoms with Crippen molar-refractivity contribution in [2.45, 2.75) is 53.9 Å². The van der Waals surface area contributed by atoms with E-state index in [-0.39, 0.29) is 0 Å². The fourth-order valence-electron chi connectivity index (χ4n) is 1.61. The van der Waals surface area contributed by atoms with Crippen molar-refractivity contribution in [1.82, 2.24) is 0 Å². The van der Waals surface area contributed by atoms with Gasteiger partial charge in [-0.3, -0.25) is 0 Å². The van der Waals surface area contributed by atoms with Crippen LogP contribution in [0.5, 0.6) is 0 Å². The van der Waals surface area contributed by atoms with Crippen molar-refractivity contribution in [3.8, 4) is 0 Å².